The van der Waals surface area contributed by atoms with E-state index in [4.69, 9.17) is 9.47 Å². The summed E-state index contributed by atoms with van der Waals surface area (Å²) in [5.41, 5.74) is 1.53. The average molecular weight is 489 g/mol. The van der Waals surface area contributed by atoms with E-state index >= 15 is 0 Å². The van der Waals surface area contributed by atoms with Crippen LogP contribution in [0.1, 0.15) is 11.1 Å². The molecule has 1 aliphatic rings. The molecule has 0 saturated heterocycles. The minimum absolute atomic E-state index is 0. The van der Waals surface area contributed by atoms with Gasteiger partial charge in [0.15, 0.2) is 17.5 Å². The molecule has 0 unspecified atom stereocenters. The number of nitrogens with one attached hydrogen (secondary N) is 1. The first-order valence-electron chi connectivity index (χ1n) is 8.31. The highest BCUT2D eigenvalue weighted by atomic mass is 127. The molecule has 3 rings (SSSR count). The van der Waals surface area contributed by atoms with E-state index in [-0.39, 0.29) is 30.8 Å². The maximum atomic E-state index is 13.7. The third-order valence-electron chi connectivity index (χ3n) is 4.12. The number of hydrogen-bond donors (Lipinski definition) is 1. The van der Waals surface area contributed by atoms with Crippen LogP contribution in [0.5, 0.6) is 11.5 Å². The van der Waals surface area contributed by atoms with Gasteiger partial charge in [0.1, 0.15) is 11.6 Å². The van der Waals surface area contributed by atoms with Gasteiger partial charge in [0.25, 0.3) is 0 Å². The molecule has 0 bridgehead atoms. The fraction of sp³-hybridized carbons (Fsp3) is 0.316. The van der Waals surface area contributed by atoms with E-state index in [1.54, 1.807) is 7.05 Å². The van der Waals surface area contributed by atoms with Crippen molar-refractivity contribution in [1.29, 1.82) is 0 Å². The van der Waals surface area contributed by atoms with Crippen LogP contribution in [0.3, 0.4) is 0 Å². The van der Waals surface area contributed by atoms with Crippen molar-refractivity contribution in [2.45, 2.75) is 13.0 Å². The highest BCUT2D eigenvalue weighted by Gasteiger charge is 2.14. The maximum Gasteiger partial charge on any atom is 0.231 e. The van der Waals surface area contributed by atoms with Gasteiger partial charge in [-0.1, -0.05) is 12.1 Å². The Morgan fingerprint density at radius 3 is 2.67 bits per heavy atom. The lowest BCUT2D eigenvalue weighted by molar-refractivity contribution is 0.174. The summed E-state index contributed by atoms with van der Waals surface area (Å²) in [5.74, 6) is 1.07. The molecule has 1 aliphatic heterocycles. The molecule has 8 heteroatoms. The first-order valence-corrected chi connectivity index (χ1v) is 8.31. The maximum absolute atomic E-state index is 13.7. The number of halogens is 3. The summed E-state index contributed by atoms with van der Waals surface area (Å²) in [6.07, 6.45) is 0.434. The molecule has 0 amide bonds. The average Bonchev–Trinajstić information content (AvgIpc) is 3.08. The third kappa shape index (κ3) is 5.44. The second-order valence-corrected chi connectivity index (χ2v) is 6.00. The number of fused-ring (bicyclic) bond motifs is 1. The normalized spacial score (nSPS) is 12.5. The zero-order valence-electron chi connectivity index (χ0n) is 15.2. The number of aliphatic imine (C=N–C) groups is 1. The fourth-order valence-electron chi connectivity index (χ4n) is 2.81. The van der Waals surface area contributed by atoms with E-state index in [1.807, 2.05) is 30.1 Å². The first kappa shape index (κ1) is 21.2. The Hall–Kier alpha value is -2.10. The molecule has 2 aromatic carbocycles. The second kappa shape index (κ2) is 9.72. The topological polar surface area (TPSA) is 46.1 Å². The Balaban J connectivity index is 0.00000261. The highest BCUT2D eigenvalue weighted by Crippen LogP contribution is 2.32. The molecule has 1 N–H and O–H groups in total. The lowest BCUT2D eigenvalue weighted by Gasteiger charge is -2.22. The minimum Gasteiger partial charge on any atom is -0.454 e. The number of rotatable bonds is 5. The molecule has 5 nitrogen and oxygen atoms in total. The highest BCUT2D eigenvalue weighted by molar-refractivity contribution is 14.0. The fourth-order valence-corrected chi connectivity index (χ4v) is 2.81. The lowest BCUT2D eigenvalue weighted by Crippen LogP contribution is -2.39. The third-order valence-corrected chi connectivity index (χ3v) is 4.12. The molecular formula is C19H22F2IN3O2. The molecule has 146 valence electrons. The largest absolute Gasteiger partial charge is 0.454 e. The van der Waals surface area contributed by atoms with E-state index in [0.717, 1.165) is 23.1 Å². The van der Waals surface area contributed by atoms with Crippen LogP contribution in [0.2, 0.25) is 0 Å². The van der Waals surface area contributed by atoms with E-state index in [2.05, 4.69) is 10.3 Å². The van der Waals surface area contributed by atoms with Crippen LogP contribution in [0.4, 0.5) is 8.78 Å². The standard InChI is InChI=1S/C19H21F2N3O2.HI/c1-22-19(23-8-7-14-4-5-15(20)10-16(14)21)24(2)11-13-3-6-17-18(9-13)26-12-25-17;/h3-6,9-10H,7-8,11-12H2,1-2H3,(H,22,23);1H. The second-order valence-electron chi connectivity index (χ2n) is 6.00. The Kier molecular flexibility index (Phi) is 7.64. The van der Waals surface area contributed by atoms with Crippen molar-refractivity contribution in [2.75, 3.05) is 27.4 Å². The Bertz CT molecular complexity index is 818. The molecule has 0 spiro atoms. The predicted octanol–water partition coefficient (Wildman–Crippen LogP) is 3.56. The number of guanidine groups is 1. The van der Waals surface area contributed by atoms with Gasteiger partial charge < -0.3 is 19.7 Å². The van der Waals surface area contributed by atoms with Crippen molar-refractivity contribution in [3.63, 3.8) is 0 Å². The van der Waals surface area contributed by atoms with Crippen LogP contribution in [0.25, 0.3) is 0 Å². The summed E-state index contributed by atoms with van der Waals surface area (Å²) in [6.45, 7) is 1.36. The SMILES string of the molecule is CN=C(NCCc1ccc(F)cc1F)N(C)Cc1ccc2c(c1)OCO2.I. The van der Waals surface area contributed by atoms with Gasteiger partial charge in [-0.25, -0.2) is 8.78 Å². The molecule has 0 fully saturated rings. The van der Waals surface area contributed by atoms with Crippen LogP contribution < -0.4 is 14.8 Å². The van der Waals surface area contributed by atoms with Crippen molar-refractivity contribution in [3.05, 3.63) is 59.2 Å². The van der Waals surface area contributed by atoms with Gasteiger partial charge in [-0.05, 0) is 35.7 Å². The summed E-state index contributed by atoms with van der Waals surface area (Å²) in [6, 6.07) is 9.44. The summed E-state index contributed by atoms with van der Waals surface area (Å²) >= 11 is 0. The van der Waals surface area contributed by atoms with E-state index in [9.17, 15) is 8.78 Å². The number of nitrogens with zero attached hydrogens (tertiary/aromatic N) is 2. The van der Waals surface area contributed by atoms with Gasteiger partial charge in [0.05, 0.1) is 0 Å². The number of benzene rings is 2. The smallest absolute Gasteiger partial charge is 0.231 e. The van der Waals surface area contributed by atoms with Crippen molar-refractivity contribution in [2.24, 2.45) is 4.99 Å². The summed E-state index contributed by atoms with van der Waals surface area (Å²) in [4.78, 5) is 6.20. The van der Waals surface area contributed by atoms with Gasteiger partial charge >= 0.3 is 0 Å². The predicted molar refractivity (Wildman–Crippen MR) is 111 cm³/mol. The van der Waals surface area contributed by atoms with Crippen LogP contribution in [0.15, 0.2) is 41.4 Å². The van der Waals surface area contributed by atoms with Gasteiger partial charge in [-0.2, -0.15) is 0 Å². The Labute approximate surface area is 174 Å². The molecule has 0 saturated carbocycles. The minimum atomic E-state index is -0.571. The molecule has 2 aromatic rings. The van der Waals surface area contributed by atoms with Crippen LogP contribution in [0, 0.1) is 11.6 Å². The van der Waals surface area contributed by atoms with Crippen molar-refractivity contribution in [3.8, 4) is 11.5 Å². The Morgan fingerprint density at radius 2 is 1.93 bits per heavy atom. The quantitative estimate of drug-likeness (QED) is 0.397. The van der Waals surface area contributed by atoms with Crippen LogP contribution >= 0.6 is 24.0 Å². The first-order chi connectivity index (χ1) is 12.6. The van der Waals surface area contributed by atoms with Gasteiger partial charge in [-0.15, -0.1) is 24.0 Å². The molecule has 0 atom stereocenters. The van der Waals surface area contributed by atoms with E-state index < -0.39 is 11.6 Å². The number of hydrogen-bond acceptors (Lipinski definition) is 3. The van der Waals surface area contributed by atoms with E-state index in [1.165, 1.54) is 12.1 Å². The monoisotopic (exact) mass is 489 g/mol. The van der Waals surface area contributed by atoms with Gasteiger partial charge in [0, 0.05) is 33.3 Å². The number of ether oxygens (including phenoxy) is 2. The molecular weight excluding hydrogens is 467 g/mol. The van der Waals surface area contributed by atoms with Gasteiger partial charge in [0.2, 0.25) is 6.79 Å². The molecule has 0 aliphatic carbocycles. The van der Waals surface area contributed by atoms with Gasteiger partial charge in [-0.3, -0.25) is 4.99 Å². The molecule has 1 heterocycles. The Morgan fingerprint density at radius 1 is 1.15 bits per heavy atom. The molecule has 27 heavy (non-hydrogen) atoms. The van der Waals surface area contributed by atoms with Crippen molar-refractivity contribution < 1.29 is 18.3 Å². The van der Waals surface area contributed by atoms with Crippen LogP contribution in [-0.4, -0.2) is 38.3 Å². The zero-order chi connectivity index (χ0) is 18.5. The summed E-state index contributed by atoms with van der Waals surface area (Å²) in [5, 5.41) is 3.19. The summed E-state index contributed by atoms with van der Waals surface area (Å²) < 4.78 is 37.3. The zero-order valence-corrected chi connectivity index (χ0v) is 17.5. The molecule has 0 aromatic heterocycles. The lowest BCUT2D eigenvalue weighted by atomic mass is 10.1. The molecule has 0 radical (unpaired) electrons. The summed E-state index contributed by atoms with van der Waals surface area (Å²) in [7, 11) is 3.61. The van der Waals surface area contributed by atoms with Crippen LogP contribution in [-0.2, 0) is 13.0 Å². The van der Waals surface area contributed by atoms with Crippen molar-refractivity contribution >= 4 is 29.9 Å². The van der Waals surface area contributed by atoms with Crippen molar-refractivity contribution in [1.82, 2.24) is 10.2 Å². The van der Waals surface area contributed by atoms with E-state index in [0.29, 0.717) is 31.0 Å².